The van der Waals surface area contributed by atoms with Crippen LogP contribution in [0, 0.1) is 11.2 Å². The number of carboxylic acid groups (broad SMARTS) is 1. The van der Waals surface area contributed by atoms with Gasteiger partial charge in [-0.1, -0.05) is 12.1 Å². The van der Waals surface area contributed by atoms with Crippen molar-refractivity contribution in [2.75, 3.05) is 13.1 Å². The maximum Gasteiger partial charge on any atom is 0.348 e. The van der Waals surface area contributed by atoms with Crippen molar-refractivity contribution in [2.45, 2.75) is 31.3 Å². The fraction of sp³-hybridized carbons (Fsp3) is 0.471. The van der Waals surface area contributed by atoms with Crippen molar-refractivity contribution >= 4 is 17.8 Å². The van der Waals surface area contributed by atoms with Crippen LogP contribution in [0.3, 0.4) is 0 Å². The molecule has 0 bridgehead atoms. The first-order valence-electron chi connectivity index (χ1n) is 8.07. The predicted octanol–water partition coefficient (Wildman–Crippen LogP) is 0.916. The molecule has 2 aliphatic rings. The van der Waals surface area contributed by atoms with Crippen molar-refractivity contribution < 1.29 is 28.6 Å². The summed E-state index contributed by atoms with van der Waals surface area (Å²) in [5.74, 6) is -2.99. The summed E-state index contributed by atoms with van der Waals surface area (Å²) < 4.78 is 19.3. The van der Waals surface area contributed by atoms with Crippen LogP contribution in [0.25, 0.3) is 0 Å². The molecule has 1 aromatic carbocycles. The van der Waals surface area contributed by atoms with E-state index in [0.29, 0.717) is 12.8 Å². The molecule has 8 heteroatoms. The number of rotatable bonds is 5. The lowest BCUT2D eigenvalue weighted by molar-refractivity contribution is -0.163. The normalized spacial score (nSPS) is 20.6. The first-order valence-corrected chi connectivity index (χ1v) is 8.07. The van der Waals surface area contributed by atoms with Crippen LogP contribution >= 0.6 is 0 Å². The van der Waals surface area contributed by atoms with Gasteiger partial charge in [-0.25, -0.2) is 9.18 Å². The molecule has 25 heavy (non-hydrogen) atoms. The molecule has 1 aromatic rings. The Morgan fingerprint density at radius 1 is 1.12 bits per heavy atom. The summed E-state index contributed by atoms with van der Waals surface area (Å²) in [4.78, 5) is 37.2. The smallest absolute Gasteiger partial charge is 0.348 e. The molecule has 1 saturated heterocycles. The van der Waals surface area contributed by atoms with Crippen LogP contribution in [0.1, 0.15) is 25.7 Å². The molecule has 2 fully saturated rings. The van der Waals surface area contributed by atoms with E-state index in [4.69, 9.17) is 10.5 Å². The lowest BCUT2D eigenvalue weighted by Gasteiger charge is -2.39. The van der Waals surface area contributed by atoms with E-state index >= 15 is 0 Å². The number of para-hydroxylation sites is 1. The fourth-order valence-electron chi connectivity index (χ4n) is 3.16. The van der Waals surface area contributed by atoms with Gasteiger partial charge in [-0.2, -0.15) is 0 Å². The average molecular weight is 350 g/mol. The molecule has 1 aliphatic heterocycles. The average Bonchev–Trinajstić information content (AvgIpc) is 3.39. The molecule has 3 rings (SSSR count). The Hall–Kier alpha value is -2.64. The molecule has 7 nitrogen and oxygen atoms in total. The lowest BCUT2D eigenvalue weighted by Crippen LogP contribution is -2.56. The summed E-state index contributed by atoms with van der Waals surface area (Å²) in [6, 6.07) is 5.59. The molecular weight excluding hydrogens is 331 g/mol. The van der Waals surface area contributed by atoms with E-state index in [1.54, 1.807) is 6.07 Å². The van der Waals surface area contributed by atoms with E-state index < -0.39 is 28.7 Å². The summed E-state index contributed by atoms with van der Waals surface area (Å²) >= 11 is 0. The maximum absolute atomic E-state index is 13.8. The molecule has 0 spiro atoms. The molecule has 3 N–H and O–H groups in total. The highest BCUT2D eigenvalue weighted by molar-refractivity contribution is 6.07. The van der Waals surface area contributed by atoms with Crippen molar-refractivity contribution in [2.24, 2.45) is 11.1 Å². The van der Waals surface area contributed by atoms with E-state index in [2.05, 4.69) is 0 Å². The highest BCUT2D eigenvalue weighted by Gasteiger charge is 2.58. The van der Waals surface area contributed by atoms with Gasteiger partial charge in [-0.3, -0.25) is 9.59 Å². The SMILES string of the molecule is NC(=O)C1(C(=O)N2CCC(Oc3ccccc3F)(C(=O)O)CC2)CC1. The second-order valence-corrected chi connectivity index (χ2v) is 6.57. The third-order valence-corrected chi connectivity index (χ3v) is 5.02. The van der Waals surface area contributed by atoms with Crippen molar-refractivity contribution in [3.8, 4) is 5.75 Å². The van der Waals surface area contributed by atoms with E-state index in [1.165, 1.54) is 23.1 Å². The second kappa shape index (κ2) is 6.02. The largest absolute Gasteiger partial charge is 0.478 e. The van der Waals surface area contributed by atoms with Crippen LogP contribution in [0.15, 0.2) is 24.3 Å². The van der Waals surface area contributed by atoms with Crippen molar-refractivity contribution in [3.05, 3.63) is 30.1 Å². The van der Waals surface area contributed by atoms with Crippen LogP contribution in [0.5, 0.6) is 5.75 Å². The number of likely N-dealkylation sites (tertiary alicyclic amines) is 1. The van der Waals surface area contributed by atoms with Gasteiger partial charge in [-0.05, 0) is 25.0 Å². The maximum atomic E-state index is 13.8. The number of aliphatic carboxylic acids is 1. The van der Waals surface area contributed by atoms with E-state index in [1.807, 2.05) is 0 Å². The summed E-state index contributed by atoms with van der Waals surface area (Å²) in [5, 5.41) is 9.60. The highest BCUT2D eigenvalue weighted by Crippen LogP contribution is 2.47. The number of hydrogen-bond acceptors (Lipinski definition) is 4. The Balaban J connectivity index is 1.73. The number of nitrogens with zero attached hydrogens (tertiary/aromatic N) is 1. The Morgan fingerprint density at radius 2 is 1.72 bits per heavy atom. The first kappa shape index (κ1) is 17.2. The fourth-order valence-corrected chi connectivity index (χ4v) is 3.16. The number of ether oxygens (including phenoxy) is 1. The molecule has 0 atom stereocenters. The zero-order chi connectivity index (χ0) is 18.2. The molecule has 1 heterocycles. The molecule has 0 aromatic heterocycles. The molecule has 0 radical (unpaired) electrons. The Kier molecular flexibility index (Phi) is 4.14. The molecule has 1 saturated carbocycles. The number of hydrogen-bond donors (Lipinski definition) is 2. The van der Waals surface area contributed by atoms with Gasteiger partial charge in [0.25, 0.3) is 0 Å². The lowest BCUT2D eigenvalue weighted by atomic mass is 9.90. The molecule has 2 amide bonds. The second-order valence-electron chi connectivity index (χ2n) is 6.57. The Morgan fingerprint density at radius 3 is 2.20 bits per heavy atom. The van der Waals surface area contributed by atoms with Gasteiger partial charge in [0.05, 0.1) is 0 Å². The number of primary amides is 1. The van der Waals surface area contributed by atoms with Crippen LogP contribution in [0.2, 0.25) is 0 Å². The van der Waals surface area contributed by atoms with Gasteiger partial charge in [0.2, 0.25) is 17.4 Å². The Bertz CT molecular complexity index is 724. The minimum absolute atomic E-state index is 0.00273. The van der Waals surface area contributed by atoms with E-state index in [0.717, 1.165) is 0 Å². The monoisotopic (exact) mass is 350 g/mol. The van der Waals surface area contributed by atoms with Crippen LogP contribution in [-0.2, 0) is 14.4 Å². The molecule has 134 valence electrons. The Labute approximate surface area is 143 Å². The number of piperidine rings is 1. The topological polar surface area (TPSA) is 110 Å². The molecular formula is C17H19FN2O5. The van der Waals surface area contributed by atoms with Gasteiger partial charge >= 0.3 is 5.97 Å². The van der Waals surface area contributed by atoms with Crippen molar-refractivity contribution in [1.29, 1.82) is 0 Å². The molecule has 0 unspecified atom stereocenters. The molecule has 1 aliphatic carbocycles. The number of carbonyl (C=O) groups is 3. The van der Waals surface area contributed by atoms with Crippen LogP contribution < -0.4 is 10.5 Å². The van der Waals surface area contributed by atoms with Gasteiger partial charge in [-0.15, -0.1) is 0 Å². The van der Waals surface area contributed by atoms with Gasteiger partial charge in [0.15, 0.2) is 11.6 Å². The third-order valence-electron chi connectivity index (χ3n) is 5.02. The number of carbonyl (C=O) groups excluding carboxylic acids is 2. The van der Waals surface area contributed by atoms with Crippen LogP contribution in [-0.4, -0.2) is 46.5 Å². The zero-order valence-corrected chi connectivity index (χ0v) is 13.5. The van der Waals surface area contributed by atoms with Crippen molar-refractivity contribution in [1.82, 2.24) is 4.90 Å². The minimum atomic E-state index is -1.61. The van der Waals surface area contributed by atoms with E-state index in [9.17, 15) is 23.9 Å². The minimum Gasteiger partial charge on any atom is -0.478 e. The van der Waals surface area contributed by atoms with E-state index in [-0.39, 0.29) is 37.6 Å². The number of carboxylic acids is 1. The van der Waals surface area contributed by atoms with Gasteiger partial charge in [0, 0.05) is 25.9 Å². The highest BCUT2D eigenvalue weighted by atomic mass is 19.1. The zero-order valence-electron chi connectivity index (χ0n) is 13.5. The summed E-state index contributed by atoms with van der Waals surface area (Å²) in [5.41, 5.74) is 2.58. The number of benzene rings is 1. The first-order chi connectivity index (χ1) is 11.8. The predicted molar refractivity (Wildman–Crippen MR) is 84.1 cm³/mol. The number of halogens is 1. The summed E-state index contributed by atoms with van der Waals surface area (Å²) in [6.07, 6.45) is 0.843. The summed E-state index contributed by atoms with van der Waals surface area (Å²) in [7, 11) is 0. The summed E-state index contributed by atoms with van der Waals surface area (Å²) in [6.45, 7) is 0.212. The van der Waals surface area contributed by atoms with Gasteiger partial charge < -0.3 is 20.5 Å². The quantitative estimate of drug-likeness (QED) is 0.767. The standard InChI is InChI=1S/C17H19FN2O5/c18-11-3-1-2-4-12(11)25-17(15(23)24)7-9-20(10-8-17)14(22)16(5-6-16)13(19)21/h1-4H,5-10H2,(H2,19,21)(H,23,24). The third kappa shape index (κ3) is 2.92. The van der Waals surface area contributed by atoms with Crippen LogP contribution in [0.4, 0.5) is 4.39 Å². The number of nitrogens with two attached hydrogens (primary N) is 1. The number of amides is 2. The van der Waals surface area contributed by atoms with Gasteiger partial charge in [0.1, 0.15) is 5.41 Å². The van der Waals surface area contributed by atoms with Crippen molar-refractivity contribution in [3.63, 3.8) is 0 Å².